The molecule has 0 radical (unpaired) electrons. The van der Waals surface area contributed by atoms with Crippen LogP contribution in [0.1, 0.15) is 31.2 Å². The van der Waals surface area contributed by atoms with Gasteiger partial charge in [-0.2, -0.15) is 0 Å². The molecule has 0 bridgehead atoms. The van der Waals surface area contributed by atoms with E-state index < -0.39 is 8.60 Å². The molecule has 3 aliphatic carbocycles. The summed E-state index contributed by atoms with van der Waals surface area (Å²) in [5, 5.41) is 0. The Kier molecular flexibility index (Phi) is 6.95. The number of terminal acetylenes is 1. The van der Waals surface area contributed by atoms with Crippen LogP contribution in [0.5, 0.6) is 0 Å². The molecule has 4 aliphatic rings. The van der Waals surface area contributed by atoms with E-state index in [4.69, 9.17) is 24.7 Å². The molecule has 152 valence electrons. The summed E-state index contributed by atoms with van der Waals surface area (Å²) in [6, 6.07) is 6.35. The van der Waals surface area contributed by atoms with Crippen molar-refractivity contribution in [2.45, 2.75) is 50.8 Å². The highest BCUT2D eigenvalue weighted by Crippen LogP contribution is 2.47. The van der Waals surface area contributed by atoms with E-state index in [1.165, 1.54) is 23.8 Å². The number of carbonyl (C=O) groups excluding carboxylic acids is 1. The van der Waals surface area contributed by atoms with Crippen molar-refractivity contribution < 1.29 is 23.1 Å². The SMILES string of the molecule is C#CC1C[C@H]2[C@@H](OP(OC)OC)CCC[C@H]2N1C(=O)OC.Cc1cc2ccc1-2. The molecule has 0 aromatic carbocycles. The zero-order chi connectivity index (χ0) is 20.3. The zero-order valence-corrected chi connectivity index (χ0v) is 17.8. The molecule has 28 heavy (non-hydrogen) atoms. The summed E-state index contributed by atoms with van der Waals surface area (Å²) in [6.45, 7) is 2.14. The summed E-state index contributed by atoms with van der Waals surface area (Å²) >= 11 is 0. The van der Waals surface area contributed by atoms with Crippen molar-refractivity contribution in [2.24, 2.45) is 5.92 Å². The summed E-state index contributed by atoms with van der Waals surface area (Å²) in [6.07, 6.45) is 8.80. The number of carbonyl (C=O) groups is 1. The molecule has 0 aromatic rings. The van der Waals surface area contributed by atoms with Gasteiger partial charge in [-0.15, -0.1) is 6.42 Å². The molecule has 1 unspecified atom stereocenters. The minimum atomic E-state index is -1.34. The lowest BCUT2D eigenvalue weighted by molar-refractivity contribution is 0.0402. The van der Waals surface area contributed by atoms with E-state index in [-0.39, 0.29) is 30.2 Å². The molecule has 1 aliphatic heterocycles. The number of benzene rings is 1. The predicted molar refractivity (Wildman–Crippen MR) is 109 cm³/mol. The molecule has 1 amide bonds. The van der Waals surface area contributed by atoms with Gasteiger partial charge in [-0.05, 0) is 49.3 Å². The number of amides is 1. The quantitative estimate of drug-likeness (QED) is 0.553. The highest BCUT2D eigenvalue weighted by molar-refractivity contribution is 7.41. The standard InChI is InChI=1S/C14H22NO5P.C7H6/c1-5-10-9-11-12(15(10)14(16)17-2)7-6-8-13(11)20-21(18-3)19-4;1-5-4-6-2-3-7(5)6/h1,10-13H,6-9H2,2-4H3;2-4H,1H3/t10?,11-,12-,13+;/m1./s1. The fourth-order valence-corrected chi connectivity index (χ4v) is 5.16. The number of aryl methyl sites for hydroxylation is 1. The maximum atomic E-state index is 12.0. The van der Waals surface area contributed by atoms with E-state index in [1.54, 1.807) is 19.1 Å². The number of hydrogen-bond acceptors (Lipinski definition) is 5. The van der Waals surface area contributed by atoms with E-state index in [9.17, 15) is 4.79 Å². The van der Waals surface area contributed by atoms with Gasteiger partial charge in [0.15, 0.2) is 0 Å². The summed E-state index contributed by atoms with van der Waals surface area (Å²) < 4.78 is 21.2. The molecule has 6 nitrogen and oxygen atoms in total. The minimum Gasteiger partial charge on any atom is -0.453 e. The molecule has 0 aromatic heterocycles. The van der Waals surface area contributed by atoms with E-state index >= 15 is 0 Å². The van der Waals surface area contributed by atoms with Crippen molar-refractivity contribution in [3.8, 4) is 23.5 Å². The van der Waals surface area contributed by atoms with Gasteiger partial charge >= 0.3 is 14.7 Å². The average molecular weight is 405 g/mol. The lowest BCUT2D eigenvalue weighted by Gasteiger charge is -2.36. The molecular weight excluding hydrogens is 377 g/mol. The van der Waals surface area contributed by atoms with Crippen LogP contribution in [0.2, 0.25) is 0 Å². The first-order chi connectivity index (χ1) is 13.5. The number of likely N-dealkylation sites (tertiary alicyclic amines) is 1. The van der Waals surface area contributed by atoms with Gasteiger partial charge in [0.1, 0.15) is 0 Å². The lowest BCUT2D eigenvalue weighted by atomic mass is 9.82. The van der Waals surface area contributed by atoms with Crippen LogP contribution < -0.4 is 0 Å². The van der Waals surface area contributed by atoms with Crippen LogP contribution in [0.15, 0.2) is 18.2 Å². The molecule has 7 heteroatoms. The predicted octanol–water partition coefficient (Wildman–Crippen LogP) is 4.51. The van der Waals surface area contributed by atoms with Crippen molar-refractivity contribution in [3.05, 3.63) is 23.8 Å². The second-order valence-electron chi connectivity index (χ2n) is 7.22. The van der Waals surface area contributed by atoms with Gasteiger partial charge in [0.25, 0.3) is 0 Å². The van der Waals surface area contributed by atoms with Gasteiger partial charge in [-0.1, -0.05) is 24.1 Å². The van der Waals surface area contributed by atoms with Crippen molar-refractivity contribution in [3.63, 3.8) is 0 Å². The number of fused-ring (bicyclic) bond motifs is 2. The molecule has 1 saturated heterocycles. The zero-order valence-electron chi connectivity index (χ0n) is 16.9. The Hall–Kier alpha value is -1.64. The molecule has 0 spiro atoms. The highest BCUT2D eigenvalue weighted by Gasteiger charge is 2.49. The molecule has 4 atom stereocenters. The maximum Gasteiger partial charge on any atom is 0.410 e. The van der Waals surface area contributed by atoms with Crippen LogP contribution >= 0.6 is 8.60 Å². The summed E-state index contributed by atoms with van der Waals surface area (Å²) in [5.74, 6) is 2.90. The Balaban J connectivity index is 0.000000264. The summed E-state index contributed by atoms with van der Waals surface area (Å²) in [7, 11) is 3.17. The largest absolute Gasteiger partial charge is 0.453 e. The fraction of sp³-hybridized carbons (Fsp3) is 0.571. The van der Waals surface area contributed by atoms with Gasteiger partial charge in [0, 0.05) is 26.2 Å². The number of rotatable bonds is 4. The van der Waals surface area contributed by atoms with E-state index in [1.807, 2.05) is 0 Å². The van der Waals surface area contributed by atoms with E-state index in [0.29, 0.717) is 0 Å². The molecule has 1 saturated carbocycles. The number of ether oxygens (including phenoxy) is 1. The smallest absolute Gasteiger partial charge is 0.410 e. The molecule has 0 N–H and O–H groups in total. The van der Waals surface area contributed by atoms with E-state index in [2.05, 4.69) is 31.0 Å². The van der Waals surface area contributed by atoms with Crippen LogP contribution in [0.25, 0.3) is 11.1 Å². The number of nitrogens with zero attached hydrogens (tertiary/aromatic N) is 1. The van der Waals surface area contributed by atoms with Crippen molar-refractivity contribution in [2.75, 3.05) is 21.3 Å². The summed E-state index contributed by atoms with van der Waals surface area (Å²) in [5.41, 5.74) is 4.36. The topological polar surface area (TPSA) is 57.2 Å². The second-order valence-corrected chi connectivity index (χ2v) is 8.61. The third-order valence-corrected chi connectivity index (χ3v) is 6.82. The van der Waals surface area contributed by atoms with Crippen LogP contribution in [-0.2, 0) is 18.3 Å². The van der Waals surface area contributed by atoms with E-state index in [0.717, 1.165) is 25.7 Å². The second kappa shape index (κ2) is 9.24. The third-order valence-electron chi connectivity index (χ3n) is 5.78. The molecular formula is C21H28NO5P. The maximum absolute atomic E-state index is 12.0. The third kappa shape index (κ3) is 4.04. The summed E-state index contributed by atoms with van der Waals surface area (Å²) in [4.78, 5) is 13.7. The first-order valence-corrected chi connectivity index (χ1v) is 10.6. The van der Waals surface area contributed by atoms with Crippen LogP contribution in [0, 0.1) is 25.2 Å². The minimum absolute atomic E-state index is 0.000247. The van der Waals surface area contributed by atoms with Gasteiger partial charge in [0.05, 0.1) is 19.3 Å². The van der Waals surface area contributed by atoms with Gasteiger partial charge < -0.3 is 18.3 Å². The Morgan fingerprint density at radius 2 is 2.00 bits per heavy atom. The Morgan fingerprint density at radius 3 is 2.43 bits per heavy atom. The van der Waals surface area contributed by atoms with Gasteiger partial charge in [0.2, 0.25) is 0 Å². The Morgan fingerprint density at radius 1 is 1.25 bits per heavy atom. The number of hydrogen-bond donors (Lipinski definition) is 0. The van der Waals surface area contributed by atoms with Crippen molar-refractivity contribution >= 4 is 14.7 Å². The average Bonchev–Trinajstić information content (AvgIpc) is 3.09. The first-order valence-electron chi connectivity index (χ1n) is 9.52. The Labute approximate surface area is 168 Å². The number of methoxy groups -OCH3 is 1. The monoisotopic (exact) mass is 405 g/mol. The fourth-order valence-electron chi connectivity index (χ4n) is 4.36. The van der Waals surface area contributed by atoms with Crippen LogP contribution in [0.3, 0.4) is 0 Å². The molecule has 1 heterocycles. The lowest BCUT2D eigenvalue weighted by Crippen LogP contribution is -2.45. The van der Waals surface area contributed by atoms with Crippen molar-refractivity contribution in [1.82, 2.24) is 4.90 Å². The highest BCUT2D eigenvalue weighted by atomic mass is 31.2. The first kappa shape index (κ1) is 21.1. The normalized spacial score (nSPS) is 26.8. The van der Waals surface area contributed by atoms with Gasteiger partial charge in [-0.3, -0.25) is 4.90 Å². The molecule has 2 fully saturated rings. The van der Waals surface area contributed by atoms with Crippen LogP contribution in [0.4, 0.5) is 4.79 Å². The Bertz CT molecular complexity index is 745. The van der Waals surface area contributed by atoms with Gasteiger partial charge in [-0.25, -0.2) is 4.79 Å². The van der Waals surface area contributed by atoms with Crippen molar-refractivity contribution in [1.29, 1.82) is 0 Å². The van der Waals surface area contributed by atoms with Crippen LogP contribution in [-0.4, -0.2) is 50.5 Å². The molecule has 4 rings (SSSR count).